The van der Waals surface area contributed by atoms with Gasteiger partial charge in [-0.15, -0.1) is 0 Å². The normalized spacial score (nSPS) is 12.6. The van der Waals surface area contributed by atoms with Crippen LogP contribution in [-0.2, 0) is 14.3 Å². The monoisotopic (exact) mass is 319 g/mol. The highest BCUT2D eigenvalue weighted by Crippen LogP contribution is 2.19. The SMILES string of the molecule is COC(=O)c1ccc(NC(=O)[C@@H](C)OCC(F)(F)F)c(C)c1. The van der Waals surface area contributed by atoms with Crippen molar-refractivity contribution in [3.63, 3.8) is 0 Å². The zero-order valence-corrected chi connectivity index (χ0v) is 12.3. The van der Waals surface area contributed by atoms with E-state index in [2.05, 4.69) is 14.8 Å². The first kappa shape index (κ1) is 18.0. The van der Waals surface area contributed by atoms with Crippen LogP contribution in [0.1, 0.15) is 22.8 Å². The number of hydrogen-bond donors (Lipinski definition) is 1. The summed E-state index contributed by atoms with van der Waals surface area (Å²) < 4.78 is 45.1. The third-order valence-electron chi connectivity index (χ3n) is 2.77. The van der Waals surface area contributed by atoms with Gasteiger partial charge in [-0.25, -0.2) is 4.79 Å². The number of methoxy groups -OCH3 is 1. The summed E-state index contributed by atoms with van der Waals surface area (Å²) in [6.45, 7) is 1.37. The van der Waals surface area contributed by atoms with Crippen molar-refractivity contribution in [2.24, 2.45) is 0 Å². The van der Waals surface area contributed by atoms with Gasteiger partial charge in [0.15, 0.2) is 0 Å². The number of alkyl halides is 3. The Morgan fingerprint density at radius 2 is 1.95 bits per heavy atom. The third kappa shape index (κ3) is 5.36. The van der Waals surface area contributed by atoms with Crippen molar-refractivity contribution in [3.8, 4) is 0 Å². The second kappa shape index (κ2) is 7.26. The van der Waals surface area contributed by atoms with Gasteiger partial charge < -0.3 is 14.8 Å². The molecule has 1 amide bonds. The van der Waals surface area contributed by atoms with Gasteiger partial charge in [0, 0.05) is 5.69 Å². The Bertz CT molecular complexity index is 558. The van der Waals surface area contributed by atoms with Crippen LogP contribution in [0.25, 0.3) is 0 Å². The molecule has 8 heteroatoms. The molecule has 5 nitrogen and oxygen atoms in total. The number of carbonyl (C=O) groups excluding carboxylic acids is 2. The van der Waals surface area contributed by atoms with E-state index in [0.717, 1.165) is 0 Å². The number of rotatable bonds is 5. The molecule has 22 heavy (non-hydrogen) atoms. The first-order valence-corrected chi connectivity index (χ1v) is 6.32. The molecule has 0 aromatic heterocycles. The largest absolute Gasteiger partial charge is 0.465 e. The molecule has 0 spiro atoms. The molecule has 1 aromatic carbocycles. The van der Waals surface area contributed by atoms with E-state index in [1.807, 2.05) is 0 Å². The topological polar surface area (TPSA) is 64.6 Å². The lowest BCUT2D eigenvalue weighted by Crippen LogP contribution is -2.31. The van der Waals surface area contributed by atoms with Gasteiger partial charge in [0.05, 0.1) is 12.7 Å². The smallest absolute Gasteiger partial charge is 0.411 e. The van der Waals surface area contributed by atoms with Crippen molar-refractivity contribution < 1.29 is 32.2 Å². The summed E-state index contributed by atoms with van der Waals surface area (Å²) in [6.07, 6.45) is -5.76. The Morgan fingerprint density at radius 1 is 1.32 bits per heavy atom. The molecule has 0 unspecified atom stereocenters. The van der Waals surface area contributed by atoms with Crippen LogP contribution in [0.5, 0.6) is 0 Å². The Balaban J connectivity index is 2.70. The van der Waals surface area contributed by atoms with E-state index in [-0.39, 0.29) is 0 Å². The second-order valence-corrected chi connectivity index (χ2v) is 4.58. The molecule has 1 rings (SSSR count). The molecule has 1 atom stereocenters. The maximum absolute atomic E-state index is 12.0. The van der Waals surface area contributed by atoms with Crippen molar-refractivity contribution in [1.82, 2.24) is 0 Å². The fraction of sp³-hybridized carbons (Fsp3) is 0.429. The van der Waals surface area contributed by atoms with E-state index in [4.69, 9.17) is 0 Å². The molecule has 0 fully saturated rings. The number of ether oxygens (including phenoxy) is 2. The predicted molar refractivity (Wildman–Crippen MR) is 72.6 cm³/mol. The number of amides is 1. The van der Waals surface area contributed by atoms with Gasteiger partial charge >= 0.3 is 12.1 Å². The highest BCUT2D eigenvalue weighted by molar-refractivity contribution is 5.96. The van der Waals surface area contributed by atoms with Crippen molar-refractivity contribution in [3.05, 3.63) is 29.3 Å². The lowest BCUT2D eigenvalue weighted by molar-refractivity contribution is -0.184. The van der Waals surface area contributed by atoms with Crippen LogP contribution < -0.4 is 5.32 Å². The fourth-order valence-corrected chi connectivity index (χ4v) is 1.58. The number of benzene rings is 1. The molecule has 1 aromatic rings. The second-order valence-electron chi connectivity index (χ2n) is 4.58. The number of esters is 1. The zero-order valence-electron chi connectivity index (χ0n) is 12.3. The summed E-state index contributed by atoms with van der Waals surface area (Å²) in [5, 5.41) is 2.45. The minimum atomic E-state index is -4.49. The molecule has 0 heterocycles. The minimum absolute atomic E-state index is 0.305. The predicted octanol–water partition coefficient (Wildman–Crippen LogP) is 2.69. The fourth-order valence-electron chi connectivity index (χ4n) is 1.58. The highest BCUT2D eigenvalue weighted by Gasteiger charge is 2.30. The molecule has 0 aliphatic heterocycles. The molecule has 1 N–H and O–H groups in total. The summed E-state index contributed by atoms with van der Waals surface area (Å²) in [6, 6.07) is 4.41. The van der Waals surface area contributed by atoms with Gasteiger partial charge in [0.2, 0.25) is 0 Å². The van der Waals surface area contributed by atoms with Crippen molar-refractivity contribution in [1.29, 1.82) is 0 Å². The zero-order chi connectivity index (χ0) is 16.9. The van der Waals surface area contributed by atoms with Crippen molar-refractivity contribution in [2.45, 2.75) is 26.1 Å². The molecular formula is C14H16F3NO4. The maximum Gasteiger partial charge on any atom is 0.411 e. The number of nitrogens with one attached hydrogen (secondary N) is 1. The standard InChI is InChI=1S/C14H16F3NO4/c1-8-6-10(13(20)21-3)4-5-11(8)18-12(19)9(2)22-7-14(15,16)17/h4-6,9H,7H2,1-3H3,(H,18,19)/t9-/m1/s1. The van der Waals surface area contributed by atoms with Gasteiger partial charge in [-0.1, -0.05) is 0 Å². The van der Waals surface area contributed by atoms with E-state index in [9.17, 15) is 22.8 Å². The molecular weight excluding hydrogens is 303 g/mol. The van der Waals surface area contributed by atoms with Crippen LogP contribution in [0, 0.1) is 6.92 Å². The number of hydrogen-bond acceptors (Lipinski definition) is 4. The average molecular weight is 319 g/mol. The molecule has 0 aliphatic rings. The van der Waals surface area contributed by atoms with E-state index < -0.39 is 30.8 Å². The summed E-state index contributed by atoms with van der Waals surface area (Å²) in [7, 11) is 1.24. The molecule has 0 saturated carbocycles. The van der Waals surface area contributed by atoms with Crippen LogP contribution in [-0.4, -0.2) is 37.9 Å². The van der Waals surface area contributed by atoms with Gasteiger partial charge in [0.1, 0.15) is 12.7 Å². The van der Waals surface area contributed by atoms with Crippen LogP contribution in [0.15, 0.2) is 18.2 Å². The van der Waals surface area contributed by atoms with E-state index in [0.29, 0.717) is 16.8 Å². The first-order valence-electron chi connectivity index (χ1n) is 6.32. The molecule has 0 radical (unpaired) electrons. The van der Waals surface area contributed by atoms with E-state index in [1.165, 1.54) is 32.2 Å². The van der Waals surface area contributed by atoms with Crippen molar-refractivity contribution >= 4 is 17.6 Å². The summed E-state index contributed by atoms with van der Waals surface area (Å²) in [4.78, 5) is 23.1. The van der Waals surface area contributed by atoms with E-state index in [1.54, 1.807) is 6.92 Å². The van der Waals surface area contributed by atoms with Crippen molar-refractivity contribution in [2.75, 3.05) is 19.0 Å². The average Bonchev–Trinajstić information content (AvgIpc) is 2.45. The van der Waals surface area contributed by atoms with Crippen LogP contribution in [0.3, 0.4) is 0 Å². The Hall–Kier alpha value is -2.09. The van der Waals surface area contributed by atoms with E-state index >= 15 is 0 Å². The van der Waals surface area contributed by atoms with Gasteiger partial charge in [-0.2, -0.15) is 13.2 Å². The molecule has 0 aliphatic carbocycles. The number of halogens is 3. The first-order chi connectivity index (χ1) is 10.1. The van der Waals surface area contributed by atoms with Gasteiger partial charge in [0.25, 0.3) is 5.91 Å². The Labute approximate surface area is 125 Å². The molecule has 0 bridgehead atoms. The number of anilines is 1. The quantitative estimate of drug-likeness (QED) is 0.848. The Morgan fingerprint density at radius 3 is 2.45 bits per heavy atom. The lowest BCUT2D eigenvalue weighted by Gasteiger charge is -2.16. The van der Waals surface area contributed by atoms with Crippen LogP contribution in [0.2, 0.25) is 0 Å². The third-order valence-corrected chi connectivity index (χ3v) is 2.77. The summed E-state index contributed by atoms with van der Waals surface area (Å²) in [5.41, 5.74) is 1.25. The highest BCUT2D eigenvalue weighted by atomic mass is 19.4. The van der Waals surface area contributed by atoms with Crippen LogP contribution >= 0.6 is 0 Å². The number of aryl methyl sites for hydroxylation is 1. The molecule has 122 valence electrons. The summed E-state index contributed by atoms with van der Waals surface area (Å²) >= 11 is 0. The van der Waals surface area contributed by atoms with Gasteiger partial charge in [-0.05, 0) is 37.6 Å². The van der Waals surface area contributed by atoms with Gasteiger partial charge in [-0.3, -0.25) is 4.79 Å². The minimum Gasteiger partial charge on any atom is -0.465 e. The summed E-state index contributed by atoms with van der Waals surface area (Å²) in [5.74, 6) is -1.24. The Kier molecular flexibility index (Phi) is 5.92. The number of carbonyl (C=O) groups is 2. The molecule has 0 saturated heterocycles. The van der Waals surface area contributed by atoms with Crippen LogP contribution in [0.4, 0.5) is 18.9 Å². The maximum atomic E-state index is 12.0. The lowest BCUT2D eigenvalue weighted by atomic mass is 10.1.